The molecule has 0 saturated carbocycles. The van der Waals surface area contributed by atoms with Crippen LogP contribution >= 0.6 is 11.3 Å². The van der Waals surface area contributed by atoms with Crippen molar-refractivity contribution in [2.45, 2.75) is 50.7 Å². The van der Waals surface area contributed by atoms with Gasteiger partial charge in [0.25, 0.3) is 5.91 Å². The van der Waals surface area contributed by atoms with Gasteiger partial charge in [-0.15, -0.1) is 10.2 Å². The van der Waals surface area contributed by atoms with Gasteiger partial charge in [-0.05, 0) is 44.5 Å². The Bertz CT molecular complexity index is 917. The molecule has 1 amide bonds. The molecule has 152 valence electrons. The summed E-state index contributed by atoms with van der Waals surface area (Å²) in [6, 6.07) is 5.92. The zero-order valence-electron chi connectivity index (χ0n) is 16.1. The van der Waals surface area contributed by atoms with Gasteiger partial charge in [0.1, 0.15) is 5.01 Å². The number of anilines is 1. The van der Waals surface area contributed by atoms with Crippen molar-refractivity contribution < 1.29 is 17.9 Å². The average molecular weight is 425 g/mol. The van der Waals surface area contributed by atoms with E-state index in [9.17, 15) is 13.2 Å². The van der Waals surface area contributed by atoms with Crippen molar-refractivity contribution in [2.24, 2.45) is 0 Å². The van der Waals surface area contributed by atoms with E-state index in [1.807, 2.05) is 20.8 Å². The molecule has 0 bridgehead atoms. The third-order valence-corrected chi connectivity index (χ3v) is 7.04. The van der Waals surface area contributed by atoms with Gasteiger partial charge in [0, 0.05) is 25.1 Å². The summed E-state index contributed by atoms with van der Waals surface area (Å²) in [4.78, 5) is 12.5. The van der Waals surface area contributed by atoms with Gasteiger partial charge in [-0.1, -0.05) is 18.3 Å². The number of amides is 1. The van der Waals surface area contributed by atoms with Gasteiger partial charge < -0.3 is 4.74 Å². The van der Waals surface area contributed by atoms with E-state index >= 15 is 0 Å². The molecule has 28 heavy (non-hydrogen) atoms. The van der Waals surface area contributed by atoms with Crippen molar-refractivity contribution in [3.63, 3.8) is 0 Å². The summed E-state index contributed by atoms with van der Waals surface area (Å²) < 4.78 is 32.8. The fraction of sp³-hybridized carbons (Fsp3) is 0.500. The number of benzene rings is 1. The number of ether oxygens (including phenoxy) is 1. The van der Waals surface area contributed by atoms with E-state index in [0.29, 0.717) is 23.8 Å². The third-order valence-electron chi connectivity index (χ3n) is 4.29. The fourth-order valence-corrected chi connectivity index (χ4v) is 5.47. The van der Waals surface area contributed by atoms with Crippen LogP contribution < -0.4 is 5.32 Å². The Hall–Kier alpha value is -1.88. The average Bonchev–Trinajstić information content (AvgIpc) is 3.08. The Balaban J connectivity index is 1.70. The lowest BCUT2D eigenvalue weighted by Crippen LogP contribution is -2.48. The predicted octanol–water partition coefficient (Wildman–Crippen LogP) is 2.54. The van der Waals surface area contributed by atoms with Crippen molar-refractivity contribution in [1.82, 2.24) is 14.5 Å². The Morgan fingerprint density at radius 2 is 1.86 bits per heavy atom. The van der Waals surface area contributed by atoms with E-state index < -0.39 is 10.0 Å². The van der Waals surface area contributed by atoms with Crippen molar-refractivity contribution in [3.8, 4) is 0 Å². The van der Waals surface area contributed by atoms with Crippen LogP contribution in [0.2, 0.25) is 0 Å². The van der Waals surface area contributed by atoms with Crippen LogP contribution in [0.1, 0.15) is 42.6 Å². The highest BCUT2D eigenvalue weighted by Crippen LogP contribution is 2.22. The van der Waals surface area contributed by atoms with Crippen molar-refractivity contribution in [1.29, 1.82) is 0 Å². The number of sulfonamides is 1. The lowest BCUT2D eigenvalue weighted by atomic mass is 10.2. The molecule has 1 N–H and O–H groups in total. The Morgan fingerprint density at radius 1 is 1.21 bits per heavy atom. The normalized spacial score (nSPS) is 20.8. The molecule has 10 heteroatoms. The number of carbonyl (C=O) groups excluding carboxylic acids is 1. The second-order valence-corrected chi connectivity index (χ2v) is 9.81. The standard InChI is InChI=1S/C18H24N4O4S2/c1-4-5-16-20-21-18(27-16)19-17(23)14-6-8-15(9-7-14)28(24,25)22-10-12(2)26-13(3)11-22/h6-9,12-13H,4-5,10-11H2,1-3H3,(H,19,21,23). The highest BCUT2D eigenvalue weighted by Gasteiger charge is 2.32. The number of aromatic nitrogens is 2. The first-order valence-electron chi connectivity index (χ1n) is 9.19. The first kappa shape index (κ1) is 20.8. The van der Waals surface area contributed by atoms with E-state index in [-0.39, 0.29) is 23.0 Å². The molecule has 1 saturated heterocycles. The minimum Gasteiger partial charge on any atom is -0.373 e. The number of morpholine rings is 1. The van der Waals surface area contributed by atoms with E-state index in [2.05, 4.69) is 15.5 Å². The van der Waals surface area contributed by atoms with Crippen LogP contribution in [0.4, 0.5) is 5.13 Å². The second-order valence-electron chi connectivity index (χ2n) is 6.81. The summed E-state index contributed by atoms with van der Waals surface area (Å²) in [5.41, 5.74) is 0.356. The van der Waals surface area contributed by atoms with Crippen LogP contribution in [-0.4, -0.2) is 54.1 Å². The summed E-state index contributed by atoms with van der Waals surface area (Å²) in [7, 11) is -3.63. The number of hydrogen-bond acceptors (Lipinski definition) is 7. The zero-order valence-corrected chi connectivity index (χ0v) is 17.7. The molecule has 3 rings (SSSR count). The lowest BCUT2D eigenvalue weighted by Gasteiger charge is -2.34. The van der Waals surface area contributed by atoms with Crippen LogP contribution in [0, 0.1) is 0 Å². The van der Waals surface area contributed by atoms with E-state index in [1.165, 1.54) is 39.9 Å². The molecule has 2 aromatic rings. The minimum absolute atomic E-state index is 0.159. The second kappa shape index (κ2) is 8.64. The SMILES string of the molecule is CCCc1nnc(NC(=O)c2ccc(S(=O)(=O)N3CC(C)OC(C)C3)cc2)s1. The molecular weight excluding hydrogens is 400 g/mol. The van der Waals surface area contributed by atoms with Crippen molar-refractivity contribution in [2.75, 3.05) is 18.4 Å². The smallest absolute Gasteiger partial charge is 0.257 e. The maximum Gasteiger partial charge on any atom is 0.257 e. The molecule has 0 radical (unpaired) electrons. The number of carbonyl (C=O) groups is 1. The first-order chi connectivity index (χ1) is 13.3. The highest BCUT2D eigenvalue weighted by molar-refractivity contribution is 7.89. The van der Waals surface area contributed by atoms with Gasteiger partial charge in [0.15, 0.2) is 0 Å². The van der Waals surface area contributed by atoms with E-state index in [4.69, 9.17) is 4.74 Å². The van der Waals surface area contributed by atoms with E-state index in [0.717, 1.165) is 17.8 Å². The monoisotopic (exact) mass is 424 g/mol. The molecule has 0 aliphatic carbocycles. The lowest BCUT2D eigenvalue weighted by molar-refractivity contribution is -0.0440. The van der Waals surface area contributed by atoms with Crippen LogP contribution in [0.3, 0.4) is 0 Å². The van der Waals surface area contributed by atoms with Gasteiger partial charge >= 0.3 is 0 Å². The van der Waals surface area contributed by atoms with E-state index in [1.54, 1.807) is 0 Å². The van der Waals surface area contributed by atoms with Gasteiger partial charge in [-0.25, -0.2) is 8.42 Å². The Kier molecular flexibility index (Phi) is 6.43. The van der Waals surface area contributed by atoms with Gasteiger partial charge in [0.2, 0.25) is 15.2 Å². The summed E-state index contributed by atoms with van der Waals surface area (Å²) in [5.74, 6) is -0.350. The number of hydrogen-bond donors (Lipinski definition) is 1. The van der Waals surface area contributed by atoms with Gasteiger partial charge in [-0.3, -0.25) is 10.1 Å². The summed E-state index contributed by atoms with van der Waals surface area (Å²) in [6.45, 7) is 6.38. The van der Waals surface area contributed by atoms with Crippen molar-refractivity contribution >= 4 is 32.4 Å². The zero-order chi connectivity index (χ0) is 20.3. The largest absolute Gasteiger partial charge is 0.373 e. The number of rotatable bonds is 6. The quantitative estimate of drug-likeness (QED) is 0.765. The minimum atomic E-state index is -3.63. The first-order valence-corrected chi connectivity index (χ1v) is 11.4. The van der Waals surface area contributed by atoms with Crippen LogP contribution in [-0.2, 0) is 21.2 Å². The molecule has 1 aliphatic rings. The molecule has 1 aromatic heterocycles. The maximum absolute atomic E-state index is 12.9. The third kappa shape index (κ3) is 4.75. The molecule has 8 nitrogen and oxygen atoms in total. The molecule has 1 aliphatic heterocycles. The number of nitrogens with zero attached hydrogens (tertiary/aromatic N) is 3. The Labute approximate surface area is 169 Å². The molecule has 0 spiro atoms. The molecule has 2 unspecified atom stereocenters. The van der Waals surface area contributed by atoms with Crippen molar-refractivity contribution in [3.05, 3.63) is 34.8 Å². The predicted molar refractivity (Wildman–Crippen MR) is 107 cm³/mol. The summed E-state index contributed by atoms with van der Waals surface area (Å²) in [6.07, 6.45) is 1.46. The van der Waals surface area contributed by atoms with Crippen LogP contribution in [0.5, 0.6) is 0 Å². The highest BCUT2D eigenvalue weighted by atomic mass is 32.2. The summed E-state index contributed by atoms with van der Waals surface area (Å²) in [5, 5.41) is 12.0. The molecular formula is C18H24N4O4S2. The maximum atomic E-state index is 12.9. The molecule has 2 heterocycles. The molecule has 1 aromatic carbocycles. The van der Waals surface area contributed by atoms with Crippen LogP contribution in [0.25, 0.3) is 0 Å². The topological polar surface area (TPSA) is 101 Å². The summed E-state index contributed by atoms with van der Waals surface area (Å²) >= 11 is 1.34. The van der Waals surface area contributed by atoms with Crippen LogP contribution in [0.15, 0.2) is 29.2 Å². The Morgan fingerprint density at radius 3 is 2.46 bits per heavy atom. The number of nitrogens with one attached hydrogen (secondary N) is 1. The fourth-order valence-electron chi connectivity index (χ4n) is 3.04. The van der Waals surface area contributed by atoms with Gasteiger partial charge in [0.05, 0.1) is 17.1 Å². The molecule has 1 fully saturated rings. The van der Waals surface area contributed by atoms with Gasteiger partial charge in [-0.2, -0.15) is 4.31 Å². The molecule has 2 atom stereocenters. The number of aryl methyl sites for hydroxylation is 1.